The number of nitrogens with zero attached hydrogens (tertiary/aromatic N) is 2. The van der Waals surface area contributed by atoms with Crippen LogP contribution >= 0.6 is 0 Å². The molecule has 1 aliphatic rings. The van der Waals surface area contributed by atoms with Gasteiger partial charge in [0.25, 0.3) is 5.69 Å². The molecule has 0 aliphatic heterocycles. The molecule has 6 nitrogen and oxygen atoms in total. The Morgan fingerprint density at radius 1 is 1.35 bits per heavy atom. The molecule has 1 aromatic rings. The maximum Gasteiger partial charge on any atom is 0.273 e. The van der Waals surface area contributed by atoms with Crippen molar-refractivity contribution in [1.82, 2.24) is 4.90 Å². The third kappa shape index (κ3) is 3.01. The van der Waals surface area contributed by atoms with Crippen molar-refractivity contribution in [3.8, 4) is 0 Å². The third-order valence-corrected chi connectivity index (χ3v) is 4.26. The van der Waals surface area contributed by atoms with Gasteiger partial charge in [0, 0.05) is 35.6 Å². The lowest BCUT2D eigenvalue weighted by Crippen LogP contribution is -2.47. The molecule has 0 bridgehead atoms. The Hall–Kier alpha value is -1.82. The first-order valence-electron chi connectivity index (χ1n) is 6.89. The molecule has 1 aromatic carbocycles. The summed E-state index contributed by atoms with van der Waals surface area (Å²) in [6.07, 6.45) is 4.77. The topological polar surface area (TPSA) is 84.4 Å². The van der Waals surface area contributed by atoms with Crippen molar-refractivity contribution in [3.63, 3.8) is 0 Å². The summed E-state index contributed by atoms with van der Waals surface area (Å²) in [6.45, 7) is 0.778. The van der Waals surface area contributed by atoms with Gasteiger partial charge in [-0.3, -0.25) is 10.1 Å². The van der Waals surface area contributed by atoms with Crippen LogP contribution in [0.25, 0.3) is 0 Å². The smallest absolute Gasteiger partial charge is 0.273 e. The lowest BCUT2D eigenvalue weighted by Gasteiger charge is -2.36. The van der Waals surface area contributed by atoms with Gasteiger partial charge in [-0.1, -0.05) is 12.8 Å². The summed E-state index contributed by atoms with van der Waals surface area (Å²) in [7, 11) is 4.18. The highest BCUT2D eigenvalue weighted by Crippen LogP contribution is 2.34. The highest BCUT2D eigenvalue weighted by molar-refractivity contribution is 5.61. The van der Waals surface area contributed by atoms with E-state index >= 15 is 0 Å². The maximum atomic E-state index is 10.9. The molecule has 0 radical (unpaired) electrons. The molecule has 2 rings (SSSR count). The van der Waals surface area contributed by atoms with E-state index < -0.39 is 4.92 Å². The summed E-state index contributed by atoms with van der Waals surface area (Å²) in [5.74, 6) is 0. The first-order valence-corrected chi connectivity index (χ1v) is 6.89. The molecule has 0 atom stereocenters. The monoisotopic (exact) mass is 278 g/mol. The van der Waals surface area contributed by atoms with E-state index in [1.165, 1.54) is 25.0 Å². The molecule has 0 aromatic heterocycles. The first-order chi connectivity index (χ1) is 9.43. The highest BCUT2D eigenvalue weighted by Gasteiger charge is 2.35. The largest absolute Gasteiger partial charge is 0.398 e. The number of rotatable bonds is 5. The summed E-state index contributed by atoms with van der Waals surface area (Å²) >= 11 is 0. The fourth-order valence-electron chi connectivity index (χ4n) is 2.92. The van der Waals surface area contributed by atoms with Crippen LogP contribution in [0.1, 0.15) is 25.7 Å². The fourth-order valence-corrected chi connectivity index (χ4v) is 2.92. The predicted molar refractivity (Wildman–Crippen MR) is 80.9 cm³/mol. The van der Waals surface area contributed by atoms with Gasteiger partial charge in [0.15, 0.2) is 0 Å². The number of nitrogens with one attached hydrogen (secondary N) is 1. The minimum absolute atomic E-state index is 0.0258. The van der Waals surface area contributed by atoms with Gasteiger partial charge in [0.2, 0.25) is 0 Å². The van der Waals surface area contributed by atoms with Crippen molar-refractivity contribution >= 4 is 17.1 Å². The lowest BCUT2D eigenvalue weighted by molar-refractivity contribution is -0.384. The molecule has 0 spiro atoms. The summed E-state index contributed by atoms with van der Waals surface area (Å²) in [4.78, 5) is 12.7. The van der Waals surface area contributed by atoms with Gasteiger partial charge in [-0.25, -0.2) is 0 Å². The molecule has 1 saturated carbocycles. The van der Waals surface area contributed by atoms with E-state index in [1.54, 1.807) is 6.07 Å². The van der Waals surface area contributed by atoms with Gasteiger partial charge in [-0.2, -0.15) is 0 Å². The lowest BCUT2D eigenvalue weighted by atomic mass is 9.96. The van der Waals surface area contributed by atoms with Gasteiger partial charge < -0.3 is 16.0 Å². The molecule has 0 amide bonds. The highest BCUT2D eigenvalue weighted by atomic mass is 16.6. The quantitative estimate of drug-likeness (QED) is 0.491. The van der Waals surface area contributed by atoms with Crippen molar-refractivity contribution < 1.29 is 4.92 Å². The van der Waals surface area contributed by atoms with Crippen molar-refractivity contribution in [2.45, 2.75) is 31.2 Å². The normalized spacial score (nSPS) is 17.4. The minimum atomic E-state index is -0.418. The van der Waals surface area contributed by atoms with Crippen LogP contribution in [-0.4, -0.2) is 36.0 Å². The van der Waals surface area contributed by atoms with Crippen molar-refractivity contribution in [2.24, 2.45) is 0 Å². The molecular formula is C14H22N4O2. The molecule has 1 fully saturated rings. The number of nitro groups is 1. The molecule has 6 heteroatoms. The zero-order valence-electron chi connectivity index (χ0n) is 12.1. The maximum absolute atomic E-state index is 10.9. The van der Waals surface area contributed by atoms with Crippen LogP contribution < -0.4 is 11.1 Å². The van der Waals surface area contributed by atoms with Gasteiger partial charge in [-0.05, 0) is 33.0 Å². The summed E-state index contributed by atoms with van der Waals surface area (Å²) in [5, 5.41) is 14.2. The summed E-state index contributed by atoms with van der Waals surface area (Å²) < 4.78 is 0. The van der Waals surface area contributed by atoms with E-state index in [9.17, 15) is 10.1 Å². The number of benzene rings is 1. The standard InChI is InChI=1S/C14H22N4O2/c1-17(2)14(5-3-4-6-14)10-16-12-7-11(15)8-13(9-12)18(19)20/h7-9,16H,3-6,10,15H2,1-2H3. The van der Waals surface area contributed by atoms with Crippen LogP contribution in [-0.2, 0) is 0 Å². The Bertz CT molecular complexity index is 496. The minimum Gasteiger partial charge on any atom is -0.398 e. The van der Waals surface area contributed by atoms with E-state index in [1.807, 2.05) is 0 Å². The van der Waals surface area contributed by atoms with Gasteiger partial charge in [-0.15, -0.1) is 0 Å². The molecule has 3 N–H and O–H groups in total. The fraction of sp³-hybridized carbons (Fsp3) is 0.571. The number of non-ortho nitro benzene ring substituents is 1. The number of nitro benzene ring substituents is 1. The molecular weight excluding hydrogens is 256 g/mol. The van der Waals surface area contributed by atoms with Crippen LogP contribution in [0.4, 0.5) is 17.1 Å². The summed E-state index contributed by atoms with van der Waals surface area (Å²) in [6, 6.07) is 4.66. The van der Waals surface area contributed by atoms with Crippen LogP contribution in [0.15, 0.2) is 18.2 Å². The number of nitrogen functional groups attached to an aromatic ring is 1. The second-order valence-electron chi connectivity index (χ2n) is 5.75. The zero-order valence-corrected chi connectivity index (χ0v) is 12.1. The van der Waals surface area contributed by atoms with E-state index in [-0.39, 0.29) is 11.2 Å². The number of hydrogen-bond acceptors (Lipinski definition) is 5. The van der Waals surface area contributed by atoms with E-state index in [0.717, 1.165) is 19.4 Å². The molecule has 20 heavy (non-hydrogen) atoms. The van der Waals surface area contributed by atoms with Crippen molar-refractivity contribution in [2.75, 3.05) is 31.7 Å². The Labute approximate surface area is 119 Å². The van der Waals surface area contributed by atoms with Crippen molar-refractivity contribution in [1.29, 1.82) is 0 Å². The molecule has 0 heterocycles. The third-order valence-electron chi connectivity index (χ3n) is 4.26. The molecule has 110 valence electrons. The Balaban J connectivity index is 2.12. The number of anilines is 2. The Kier molecular flexibility index (Phi) is 4.13. The van der Waals surface area contributed by atoms with Crippen LogP contribution in [0.3, 0.4) is 0 Å². The Morgan fingerprint density at radius 2 is 2.00 bits per heavy atom. The molecule has 0 unspecified atom stereocenters. The molecule has 1 aliphatic carbocycles. The van der Waals surface area contributed by atoms with Crippen LogP contribution in [0.2, 0.25) is 0 Å². The van der Waals surface area contributed by atoms with E-state index in [0.29, 0.717) is 11.4 Å². The number of hydrogen-bond donors (Lipinski definition) is 2. The zero-order chi connectivity index (χ0) is 14.8. The van der Waals surface area contributed by atoms with E-state index in [4.69, 9.17) is 5.73 Å². The number of likely N-dealkylation sites (N-methyl/N-ethyl adjacent to an activating group) is 1. The van der Waals surface area contributed by atoms with Crippen molar-refractivity contribution in [3.05, 3.63) is 28.3 Å². The summed E-state index contributed by atoms with van der Waals surface area (Å²) in [5.41, 5.74) is 7.00. The second kappa shape index (κ2) is 5.66. The van der Waals surface area contributed by atoms with Gasteiger partial charge in [0.1, 0.15) is 0 Å². The van der Waals surface area contributed by atoms with Crippen LogP contribution in [0, 0.1) is 10.1 Å². The number of nitrogens with two attached hydrogens (primary N) is 1. The first kappa shape index (κ1) is 14.6. The predicted octanol–water partition coefficient (Wildman–Crippen LogP) is 2.46. The van der Waals surface area contributed by atoms with Gasteiger partial charge in [0.05, 0.1) is 4.92 Å². The Morgan fingerprint density at radius 3 is 2.55 bits per heavy atom. The molecule has 0 saturated heterocycles. The van der Waals surface area contributed by atoms with Gasteiger partial charge >= 0.3 is 0 Å². The van der Waals surface area contributed by atoms with Crippen LogP contribution in [0.5, 0.6) is 0 Å². The van der Waals surface area contributed by atoms with E-state index in [2.05, 4.69) is 24.3 Å². The SMILES string of the molecule is CN(C)C1(CNc2cc(N)cc([N+](=O)[O-])c2)CCCC1. The average Bonchev–Trinajstić information content (AvgIpc) is 2.86. The average molecular weight is 278 g/mol. The second-order valence-corrected chi connectivity index (χ2v) is 5.75.